The maximum absolute atomic E-state index is 12.5. The minimum Gasteiger partial charge on any atom is -0.315 e. The van der Waals surface area contributed by atoms with Crippen LogP contribution in [0.4, 0.5) is 0 Å². The summed E-state index contributed by atoms with van der Waals surface area (Å²) < 4.78 is 26.5. The first-order valence-electron chi connectivity index (χ1n) is 6.38. The predicted molar refractivity (Wildman–Crippen MR) is 72.7 cm³/mol. The van der Waals surface area contributed by atoms with Crippen LogP contribution in [-0.2, 0) is 16.6 Å². The first-order chi connectivity index (χ1) is 8.64. The summed E-state index contributed by atoms with van der Waals surface area (Å²) in [6.45, 7) is 4.26. The van der Waals surface area contributed by atoms with E-state index >= 15 is 0 Å². The van der Waals surface area contributed by atoms with Crippen molar-refractivity contribution in [3.63, 3.8) is 0 Å². The minimum atomic E-state index is -3.18. The highest BCUT2D eigenvalue weighted by molar-refractivity contribution is 7.89. The average Bonchev–Trinajstić information content (AvgIpc) is 2.91. The number of benzene rings is 1. The normalized spacial score (nSPS) is 20.4. The maximum Gasteiger partial charge on any atom is 0.218 e. The topological polar surface area (TPSA) is 49.4 Å². The van der Waals surface area contributed by atoms with Crippen LogP contribution in [0.25, 0.3) is 0 Å². The molecule has 0 spiro atoms. The second-order valence-electron chi connectivity index (χ2n) is 4.57. The largest absolute Gasteiger partial charge is 0.315 e. The molecule has 1 aromatic rings. The summed E-state index contributed by atoms with van der Waals surface area (Å²) in [5.41, 5.74) is 1.04. The summed E-state index contributed by atoms with van der Waals surface area (Å²) >= 11 is 0. The second-order valence-corrected chi connectivity index (χ2v) is 6.78. The van der Waals surface area contributed by atoms with Crippen molar-refractivity contribution in [3.8, 4) is 0 Å². The third-order valence-electron chi connectivity index (χ3n) is 3.35. The molecule has 1 unspecified atom stereocenters. The Balaban J connectivity index is 2.13. The van der Waals surface area contributed by atoms with E-state index in [0.717, 1.165) is 12.1 Å². The smallest absolute Gasteiger partial charge is 0.218 e. The molecule has 1 aliphatic heterocycles. The Morgan fingerprint density at radius 3 is 2.61 bits per heavy atom. The molecule has 1 N–H and O–H groups in total. The highest BCUT2D eigenvalue weighted by Crippen LogP contribution is 2.17. The molecule has 100 valence electrons. The Kier molecular flexibility index (Phi) is 4.37. The molecule has 5 heteroatoms. The molecule has 0 bridgehead atoms. The van der Waals surface area contributed by atoms with Gasteiger partial charge in [-0.1, -0.05) is 37.3 Å². The van der Waals surface area contributed by atoms with Gasteiger partial charge in [0.25, 0.3) is 0 Å². The zero-order valence-corrected chi connectivity index (χ0v) is 11.5. The quantitative estimate of drug-likeness (QED) is 0.873. The van der Waals surface area contributed by atoms with Gasteiger partial charge in [0, 0.05) is 19.6 Å². The number of rotatable bonds is 5. The van der Waals surface area contributed by atoms with Crippen molar-refractivity contribution in [3.05, 3.63) is 35.9 Å². The van der Waals surface area contributed by atoms with Gasteiger partial charge < -0.3 is 5.32 Å². The summed E-state index contributed by atoms with van der Waals surface area (Å²) in [4.78, 5) is 0. The van der Waals surface area contributed by atoms with Crippen molar-refractivity contribution in [2.24, 2.45) is 0 Å². The molecule has 1 saturated heterocycles. The van der Waals surface area contributed by atoms with Crippen LogP contribution in [0.3, 0.4) is 0 Å². The molecule has 1 atom stereocenters. The van der Waals surface area contributed by atoms with Crippen molar-refractivity contribution < 1.29 is 8.42 Å². The maximum atomic E-state index is 12.5. The van der Waals surface area contributed by atoms with Gasteiger partial charge in [-0.3, -0.25) is 0 Å². The number of hydrogen-bond acceptors (Lipinski definition) is 3. The monoisotopic (exact) mass is 268 g/mol. The van der Waals surface area contributed by atoms with E-state index in [-0.39, 0.29) is 5.25 Å². The minimum absolute atomic E-state index is 0.263. The van der Waals surface area contributed by atoms with E-state index in [1.165, 1.54) is 0 Å². The molecule has 18 heavy (non-hydrogen) atoms. The van der Waals surface area contributed by atoms with Crippen LogP contribution in [0, 0.1) is 0 Å². The lowest BCUT2D eigenvalue weighted by atomic mass is 10.2. The van der Waals surface area contributed by atoms with E-state index in [9.17, 15) is 8.42 Å². The highest BCUT2D eigenvalue weighted by atomic mass is 32.2. The predicted octanol–water partition coefficient (Wildman–Crippen LogP) is 1.20. The molecule has 4 nitrogen and oxygen atoms in total. The van der Waals surface area contributed by atoms with Gasteiger partial charge >= 0.3 is 0 Å². The molecule has 2 rings (SSSR count). The molecule has 0 saturated carbocycles. The van der Waals surface area contributed by atoms with Crippen molar-refractivity contribution in [2.75, 3.05) is 19.6 Å². The molecule has 1 fully saturated rings. The molecule has 1 aliphatic rings. The van der Waals surface area contributed by atoms with Gasteiger partial charge in [0.2, 0.25) is 10.0 Å². The standard InChI is InChI=1S/C13H20N2O2S/c1-2-15(11-12-6-4-3-5-7-12)18(16,17)13-8-9-14-10-13/h3-7,13-14H,2,8-11H2,1H3. The van der Waals surface area contributed by atoms with Crippen molar-refractivity contribution in [1.29, 1.82) is 0 Å². The fraction of sp³-hybridized carbons (Fsp3) is 0.538. The summed E-state index contributed by atoms with van der Waals surface area (Å²) in [6.07, 6.45) is 0.716. The summed E-state index contributed by atoms with van der Waals surface area (Å²) in [6, 6.07) is 9.74. The van der Waals surface area contributed by atoms with E-state index in [1.807, 2.05) is 37.3 Å². The Morgan fingerprint density at radius 2 is 2.06 bits per heavy atom. The van der Waals surface area contributed by atoms with E-state index in [0.29, 0.717) is 26.1 Å². The van der Waals surface area contributed by atoms with Crippen LogP contribution in [0.5, 0.6) is 0 Å². The first-order valence-corrected chi connectivity index (χ1v) is 7.88. The van der Waals surface area contributed by atoms with E-state index in [1.54, 1.807) is 4.31 Å². The lowest BCUT2D eigenvalue weighted by molar-refractivity contribution is 0.416. The van der Waals surface area contributed by atoms with Crippen molar-refractivity contribution in [2.45, 2.75) is 25.1 Å². The van der Waals surface area contributed by atoms with Gasteiger partial charge in [-0.2, -0.15) is 4.31 Å². The van der Waals surface area contributed by atoms with Gasteiger partial charge in [-0.05, 0) is 18.5 Å². The molecular weight excluding hydrogens is 248 g/mol. The molecule has 1 heterocycles. The second kappa shape index (κ2) is 5.82. The summed E-state index contributed by atoms with van der Waals surface area (Å²) in [5.74, 6) is 0. The third kappa shape index (κ3) is 2.91. The fourth-order valence-electron chi connectivity index (χ4n) is 2.26. The first kappa shape index (κ1) is 13.5. The lowest BCUT2D eigenvalue weighted by Gasteiger charge is -2.24. The van der Waals surface area contributed by atoms with Crippen LogP contribution < -0.4 is 5.32 Å². The van der Waals surface area contributed by atoms with Gasteiger partial charge in [0.1, 0.15) is 0 Å². The number of nitrogens with zero attached hydrogens (tertiary/aromatic N) is 1. The van der Waals surface area contributed by atoms with Crippen LogP contribution in [-0.4, -0.2) is 37.6 Å². The Bertz CT molecular complexity index is 467. The van der Waals surface area contributed by atoms with Crippen molar-refractivity contribution >= 4 is 10.0 Å². The molecule has 1 aromatic carbocycles. The van der Waals surface area contributed by atoms with Gasteiger partial charge in [-0.15, -0.1) is 0 Å². The van der Waals surface area contributed by atoms with Gasteiger partial charge in [0.15, 0.2) is 0 Å². The van der Waals surface area contributed by atoms with Crippen molar-refractivity contribution in [1.82, 2.24) is 9.62 Å². The van der Waals surface area contributed by atoms with Gasteiger partial charge in [0.05, 0.1) is 5.25 Å². The molecule has 0 aromatic heterocycles. The van der Waals surface area contributed by atoms with Crippen LogP contribution in [0.15, 0.2) is 30.3 Å². The zero-order valence-electron chi connectivity index (χ0n) is 10.7. The number of sulfonamides is 1. The van der Waals surface area contributed by atoms with E-state index in [2.05, 4.69) is 5.32 Å². The van der Waals surface area contributed by atoms with Crippen LogP contribution >= 0.6 is 0 Å². The van der Waals surface area contributed by atoms with Crippen LogP contribution in [0.1, 0.15) is 18.9 Å². The van der Waals surface area contributed by atoms with E-state index < -0.39 is 10.0 Å². The molecular formula is C13H20N2O2S. The fourth-order valence-corrected chi connectivity index (χ4v) is 4.12. The Labute approximate surface area is 109 Å². The van der Waals surface area contributed by atoms with Crippen LogP contribution in [0.2, 0.25) is 0 Å². The summed E-state index contributed by atoms with van der Waals surface area (Å²) in [5, 5.41) is 2.85. The van der Waals surface area contributed by atoms with E-state index in [4.69, 9.17) is 0 Å². The Hall–Kier alpha value is -0.910. The highest BCUT2D eigenvalue weighted by Gasteiger charge is 2.33. The number of hydrogen-bond donors (Lipinski definition) is 1. The molecule has 0 aliphatic carbocycles. The molecule has 0 radical (unpaired) electrons. The number of nitrogens with one attached hydrogen (secondary N) is 1. The van der Waals surface area contributed by atoms with Gasteiger partial charge in [-0.25, -0.2) is 8.42 Å². The third-order valence-corrected chi connectivity index (χ3v) is 5.70. The lowest BCUT2D eigenvalue weighted by Crippen LogP contribution is -2.39. The zero-order chi connectivity index (χ0) is 13.0. The molecule has 0 amide bonds. The average molecular weight is 268 g/mol. The SMILES string of the molecule is CCN(Cc1ccccc1)S(=O)(=O)C1CCNC1. The summed E-state index contributed by atoms with van der Waals surface area (Å²) in [7, 11) is -3.18. The Morgan fingerprint density at radius 1 is 1.33 bits per heavy atom.